The molecule has 0 aliphatic carbocycles. The lowest BCUT2D eigenvalue weighted by Gasteiger charge is -2.10. The first-order valence-corrected chi connectivity index (χ1v) is 6.08. The summed E-state index contributed by atoms with van der Waals surface area (Å²) >= 11 is 6.00. The third-order valence-electron chi connectivity index (χ3n) is 2.92. The van der Waals surface area contributed by atoms with Crippen LogP contribution < -0.4 is 4.74 Å². The average Bonchev–Trinajstić information content (AvgIpc) is 2.41. The topological polar surface area (TPSA) is 46.5 Å². The molecule has 0 amide bonds. The molecule has 2 aromatic rings. The number of halogens is 1. The molecular formula is C15H13ClO3. The van der Waals surface area contributed by atoms with Crippen LogP contribution in [0.4, 0.5) is 0 Å². The Balaban J connectivity index is 2.55. The summed E-state index contributed by atoms with van der Waals surface area (Å²) in [5.74, 6) is -0.446. The van der Waals surface area contributed by atoms with Crippen LogP contribution in [0.1, 0.15) is 15.9 Å². The van der Waals surface area contributed by atoms with Gasteiger partial charge in [-0.05, 0) is 48.4 Å². The summed E-state index contributed by atoms with van der Waals surface area (Å²) in [6.45, 7) is 1.92. The summed E-state index contributed by atoms with van der Waals surface area (Å²) < 4.78 is 5.26. The van der Waals surface area contributed by atoms with E-state index in [1.807, 2.05) is 25.1 Å². The zero-order valence-electron chi connectivity index (χ0n) is 10.6. The van der Waals surface area contributed by atoms with E-state index in [9.17, 15) is 4.79 Å². The molecule has 3 nitrogen and oxygen atoms in total. The molecule has 0 bridgehead atoms. The smallest absolute Gasteiger partial charge is 0.335 e. The second kappa shape index (κ2) is 5.33. The van der Waals surface area contributed by atoms with Crippen molar-refractivity contribution in [1.29, 1.82) is 0 Å². The molecule has 0 saturated heterocycles. The van der Waals surface area contributed by atoms with Gasteiger partial charge in [-0.1, -0.05) is 17.7 Å². The molecular weight excluding hydrogens is 264 g/mol. The number of methoxy groups -OCH3 is 1. The Hall–Kier alpha value is -2.00. The molecule has 0 fully saturated rings. The number of ether oxygens (including phenoxy) is 1. The Morgan fingerprint density at radius 1 is 1.21 bits per heavy atom. The molecule has 0 spiro atoms. The van der Waals surface area contributed by atoms with E-state index in [0.717, 1.165) is 16.7 Å². The van der Waals surface area contributed by atoms with E-state index in [4.69, 9.17) is 21.4 Å². The van der Waals surface area contributed by atoms with Gasteiger partial charge in [0.1, 0.15) is 5.75 Å². The SMILES string of the molecule is COc1cc(C(=O)O)ccc1-c1ccc(Cl)c(C)c1. The number of rotatable bonds is 3. The summed E-state index contributed by atoms with van der Waals surface area (Å²) in [4.78, 5) is 10.9. The van der Waals surface area contributed by atoms with Crippen molar-refractivity contribution in [1.82, 2.24) is 0 Å². The zero-order chi connectivity index (χ0) is 14.0. The number of carbonyl (C=O) groups is 1. The van der Waals surface area contributed by atoms with E-state index in [2.05, 4.69) is 0 Å². The quantitative estimate of drug-likeness (QED) is 0.921. The summed E-state index contributed by atoms with van der Waals surface area (Å²) in [5.41, 5.74) is 2.94. The van der Waals surface area contributed by atoms with Crippen molar-refractivity contribution in [3.05, 3.63) is 52.5 Å². The molecule has 0 unspecified atom stereocenters. The highest BCUT2D eigenvalue weighted by Crippen LogP contribution is 2.32. The second-order valence-electron chi connectivity index (χ2n) is 4.18. The lowest BCUT2D eigenvalue weighted by Crippen LogP contribution is -1.98. The second-order valence-corrected chi connectivity index (χ2v) is 4.59. The van der Waals surface area contributed by atoms with Crippen LogP contribution in [0, 0.1) is 6.92 Å². The molecule has 0 aromatic heterocycles. The molecule has 2 rings (SSSR count). The first-order valence-electron chi connectivity index (χ1n) is 5.71. The van der Waals surface area contributed by atoms with Gasteiger partial charge in [-0.25, -0.2) is 4.79 Å². The first-order chi connectivity index (χ1) is 9.02. The maximum atomic E-state index is 10.9. The molecule has 0 saturated carbocycles. The molecule has 0 aliphatic heterocycles. The van der Waals surface area contributed by atoms with Crippen LogP contribution in [0.25, 0.3) is 11.1 Å². The predicted molar refractivity (Wildman–Crippen MR) is 75.1 cm³/mol. The van der Waals surface area contributed by atoms with Gasteiger partial charge in [0.2, 0.25) is 0 Å². The number of aryl methyl sites for hydroxylation is 1. The van der Waals surface area contributed by atoms with Crippen molar-refractivity contribution in [2.24, 2.45) is 0 Å². The Morgan fingerprint density at radius 3 is 2.53 bits per heavy atom. The van der Waals surface area contributed by atoms with Crippen LogP contribution in [0.2, 0.25) is 5.02 Å². The van der Waals surface area contributed by atoms with Crippen molar-refractivity contribution in [3.8, 4) is 16.9 Å². The fourth-order valence-corrected chi connectivity index (χ4v) is 1.99. The third kappa shape index (κ3) is 2.71. The highest BCUT2D eigenvalue weighted by atomic mass is 35.5. The van der Waals surface area contributed by atoms with Crippen LogP contribution in [-0.4, -0.2) is 18.2 Å². The van der Waals surface area contributed by atoms with Gasteiger partial charge in [-0.15, -0.1) is 0 Å². The van der Waals surface area contributed by atoms with Crippen LogP contribution in [0.3, 0.4) is 0 Å². The fourth-order valence-electron chi connectivity index (χ4n) is 1.87. The van der Waals surface area contributed by atoms with Crippen molar-refractivity contribution >= 4 is 17.6 Å². The van der Waals surface area contributed by atoms with E-state index in [-0.39, 0.29) is 5.56 Å². The number of aromatic carboxylic acids is 1. The van der Waals surface area contributed by atoms with E-state index >= 15 is 0 Å². The number of carboxylic acid groups (broad SMARTS) is 1. The molecule has 0 aliphatic rings. The van der Waals surface area contributed by atoms with Crippen molar-refractivity contribution in [2.75, 3.05) is 7.11 Å². The molecule has 1 N–H and O–H groups in total. The van der Waals surface area contributed by atoms with Crippen molar-refractivity contribution in [3.63, 3.8) is 0 Å². The molecule has 98 valence electrons. The summed E-state index contributed by atoms with van der Waals surface area (Å²) in [6.07, 6.45) is 0. The number of hydrogen-bond donors (Lipinski definition) is 1. The Labute approximate surface area is 116 Å². The minimum absolute atomic E-state index is 0.200. The molecule has 4 heteroatoms. The van der Waals surface area contributed by atoms with Gasteiger partial charge in [0.15, 0.2) is 0 Å². The molecule has 0 radical (unpaired) electrons. The highest BCUT2D eigenvalue weighted by molar-refractivity contribution is 6.31. The Morgan fingerprint density at radius 2 is 1.95 bits per heavy atom. The first kappa shape index (κ1) is 13.4. The van der Waals surface area contributed by atoms with Gasteiger partial charge in [0.05, 0.1) is 12.7 Å². The van der Waals surface area contributed by atoms with Crippen LogP contribution in [-0.2, 0) is 0 Å². The Kier molecular flexibility index (Phi) is 3.76. The van der Waals surface area contributed by atoms with Crippen LogP contribution in [0.5, 0.6) is 5.75 Å². The van der Waals surface area contributed by atoms with Gasteiger partial charge < -0.3 is 9.84 Å². The minimum atomic E-state index is -0.975. The maximum Gasteiger partial charge on any atom is 0.335 e. The highest BCUT2D eigenvalue weighted by Gasteiger charge is 2.11. The number of hydrogen-bond acceptors (Lipinski definition) is 2. The van der Waals surface area contributed by atoms with Crippen molar-refractivity contribution < 1.29 is 14.6 Å². The lowest BCUT2D eigenvalue weighted by molar-refractivity contribution is 0.0696. The summed E-state index contributed by atoms with van der Waals surface area (Å²) in [7, 11) is 1.52. The third-order valence-corrected chi connectivity index (χ3v) is 3.34. The van der Waals surface area contributed by atoms with Crippen molar-refractivity contribution in [2.45, 2.75) is 6.92 Å². The largest absolute Gasteiger partial charge is 0.496 e. The zero-order valence-corrected chi connectivity index (χ0v) is 11.4. The summed E-state index contributed by atoms with van der Waals surface area (Å²) in [5, 5.41) is 9.67. The fraction of sp³-hybridized carbons (Fsp3) is 0.133. The normalized spacial score (nSPS) is 10.3. The van der Waals surface area contributed by atoms with E-state index in [1.165, 1.54) is 13.2 Å². The molecule has 0 atom stereocenters. The van der Waals surface area contributed by atoms with Gasteiger partial charge >= 0.3 is 5.97 Å². The maximum absolute atomic E-state index is 10.9. The molecule has 0 heterocycles. The van der Waals surface area contributed by atoms with Crippen LogP contribution in [0.15, 0.2) is 36.4 Å². The van der Waals surface area contributed by atoms with Crippen LogP contribution >= 0.6 is 11.6 Å². The van der Waals surface area contributed by atoms with E-state index in [0.29, 0.717) is 10.8 Å². The summed E-state index contributed by atoms with van der Waals surface area (Å²) in [6, 6.07) is 10.5. The van der Waals surface area contributed by atoms with Gasteiger partial charge in [0.25, 0.3) is 0 Å². The lowest BCUT2D eigenvalue weighted by atomic mass is 10.0. The molecule has 2 aromatic carbocycles. The van der Waals surface area contributed by atoms with Gasteiger partial charge in [0, 0.05) is 10.6 Å². The Bertz CT molecular complexity index is 635. The van der Waals surface area contributed by atoms with E-state index in [1.54, 1.807) is 12.1 Å². The predicted octanol–water partition coefficient (Wildman–Crippen LogP) is 4.02. The standard InChI is InChI=1S/C15H13ClO3/c1-9-7-10(4-6-13(9)16)12-5-3-11(15(17)18)8-14(12)19-2/h3-8H,1-2H3,(H,17,18). The number of benzene rings is 2. The minimum Gasteiger partial charge on any atom is -0.496 e. The van der Waals surface area contributed by atoms with E-state index < -0.39 is 5.97 Å². The van der Waals surface area contributed by atoms with Gasteiger partial charge in [-0.3, -0.25) is 0 Å². The van der Waals surface area contributed by atoms with Gasteiger partial charge in [-0.2, -0.15) is 0 Å². The average molecular weight is 277 g/mol. The number of carboxylic acids is 1. The monoisotopic (exact) mass is 276 g/mol. The molecule has 19 heavy (non-hydrogen) atoms.